The minimum Gasteiger partial charge on any atom is -0.771 e. The zero-order valence-electron chi connectivity index (χ0n) is 4.42. The lowest BCUT2D eigenvalue weighted by molar-refractivity contribution is 0.529. The molecule has 1 saturated carbocycles. The van der Waals surface area contributed by atoms with Crippen molar-refractivity contribution in [3.05, 3.63) is 0 Å². The Hall–Kier alpha value is 0.0700. The lowest BCUT2D eigenvalue weighted by Crippen LogP contribution is -2.20. The second-order valence-corrected chi connectivity index (χ2v) is 2.82. The van der Waals surface area contributed by atoms with Gasteiger partial charge in [0.1, 0.15) is 0 Å². The van der Waals surface area contributed by atoms with Gasteiger partial charge in [-0.2, -0.15) is 0 Å². The van der Waals surface area contributed by atoms with E-state index >= 15 is 0 Å². The molecule has 0 radical (unpaired) electrons. The molecule has 1 aliphatic carbocycles. The third kappa shape index (κ3) is 2.40. The molecule has 0 aliphatic heterocycles. The molecule has 0 aromatic heterocycles. The SMILES string of the molecule is O=S([O-])CNC1CC1. The topological polar surface area (TPSA) is 52.2 Å². The van der Waals surface area contributed by atoms with Gasteiger partial charge in [0.25, 0.3) is 0 Å². The summed E-state index contributed by atoms with van der Waals surface area (Å²) in [5.74, 6) is 0.116. The second-order valence-electron chi connectivity index (χ2n) is 1.93. The minimum atomic E-state index is -1.91. The van der Waals surface area contributed by atoms with Gasteiger partial charge in [0.05, 0.1) is 5.88 Å². The predicted molar refractivity (Wildman–Crippen MR) is 29.9 cm³/mol. The minimum absolute atomic E-state index is 0.116. The van der Waals surface area contributed by atoms with Crippen molar-refractivity contribution in [3.63, 3.8) is 0 Å². The zero-order valence-corrected chi connectivity index (χ0v) is 5.24. The van der Waals surface area contributed by atoms with E-state index in [2.05, 4.69) is 5.32 Å². The maximum atomic E-state index is 9.87. The summed E-state index contributed by atoms with van der Waals surface area (Å²) in [5.41, 5.74) is 0. The number of nitrogens with one attached hydrogen (secondary N) is 1. The Morgan fingerprint density at radius 2 is 2.38 bits per heavy atom. The highest BCUT2D eigenvalue weighted by Crippen LogP contribution is 2.17. The molecule has 0 spiro atoms. The first-order valence-corrected chi connectivity index (χ1v) is 3.82. The van der Waals surface area contributed by atoms with Crippen LogP contribution >= 0.6 is 0 Å². The van der Waals surface area contributed by atoms with E-state index in [9.17, 15) is 8.76 Å². The van der Waals surface area contributed by atoms with Gasteiger partial charge in [-0.25, -0.2) is 0 Å². The van der Waals surface area contributed by atoms with E-state index < -0.39 is 11.1 Å². The maximum Gasteiger partial charge on any atom is 0.0590 e. The summed E-state index contributed by atoms with van der Waals surface area (Å²) in [6.45, 7) is 0. The molecule has 1 N–H and O–H groups in total. The highest BCUT2D eigenvalue weighted by molar-refractivity contribution is 7.79. The molecule has 0 heterocycles. The summed E-state index contributed by atoms with van der Waals surface area (Å²) in [4.78, 5) is 0. The van der Waals surface area contributed by atoms with Crippen molar-refractivity contribution in [2.45, 2.75) is 18.9 Å². The third-order valence-corrected chi connectivity index (χ3v) is 1.47. The number of rotatable bonds is 3. The first-order valence-electron chi connectivity index (χ1n) is 2.58. The molecule has 1 unspecified atom stereocenters. The van der Waals surface area contributed by atoms with Gasteiger partial charge in [-0.15, -0.1) is 0 Å². The van der Waals surface area contributed by atoms with Crippen LogP contribution in [0.4, 0.5) is 0 Å². The van der Waals surface area contributed by atoms with Gasteiger partial charge in [0.2, 0.25) is 0 Å². The molecule has 1 atom stereocenters. The molecule has 0 bridgehead atoms. The second kappa shape index (κ2) is 2.57. The Morgan fingerprint density at radius 1 is 1.75 bits per heavy atom. The summed E-state index contributed by atoms with van der Waals surface area (Å²) in [5, 5.41) is 2.84. The normalized spacial score (nSPS) is 23.1. The lowest BCUT2D eigenvalue weighted by atomic mass is 10.7. The van der Waals surface area contributed by atoms with E-state index in [1.165, 1.54) is 0 Å². The van der Waals surface area contributed by atoms with Gasteiger partial charge < -0.3 is 9.87 Å². The van der Waals surface area contributed by atoms with Crippen molar-refractivity contribution in [3.8, 4) is 0 Å². The average Bonchev–Trinajstić information content (AvgIpc) is 2.41. The molecule has 0 aromatic rings. The molecule has 8 heavy (non-hydrogen) atoms. The molecule has 0 amide bonds. The van der Waals surface area contributed by atoms with Crippen LogP contribution in [-0.2, 0) is 11.1 Å². The highest BCUT2D eigenvalue weighted by atomic mass is 32.2. The molecule has 0 saturated heterocycles. The van der Waals surface area contributed by atoms with E-state index in [0.717, 1.165) is 12.8 Å². The Kier molecular flexibility index (Phi) is 1.99. The molecule has 3 nitrogen and oxygen atoms in total. The van der Waals surface area contributed by atoms with Crippen LogP contribution in [0.1, 0.15) is 12.8 Å². The fraction of sp³-hybridized carbons (Fsp3) is 1.00. The molecule has 1 rings (SSSR count). The molecule has 1 aliphatic rings. The molecular formula is C4H8NO2S-. The molecule has 48 valence electrons. The van der Waals surface area contributed by atoms with Crippen LogP contribution in [0, 0.1) is 0 Å². The van der Waals surface area contributed by atoms with Crippen LogP contribution in [0.2, 0.25) is 0 Å². The molecule has 4 heteroatoms. The lowest BCUT2D eigenvalue weighted by Gasteiger charge is -2.03. The van der Waals surface area contributed by atoms with Crippen molar-refractivity contribution in [1.29, 1.82) is 0 Å². The first-order chi connectivity index (χ1) is 3.79. The number of hydrogen-bond acceptors (Lipinski definition) is 3. The van der Waals surface area contributed by atoms with Crippen molar-refractivity contribution in [2.75, 3.05) is 5.88 Å². The van der Waals surface area contributed by atoms with Gasteiger partial charge in [-0.05, 0) is 23.9 Å². The molecule has 1 fully saturated rings. The van der Waals surface area contributed by atoms with Gasteiger partial charge in [0, 0.05) is 6.04 Å². The summed E-state index contributed by atoms with van der Waals surface area (Å²) < 4.78 is 19.7. The van der Waals surface area contributed by atoms with Crippen molar-refractivity contribution >= 4 is 11.1 Å². The predicted octanol–water partition coefficient (Wildman–Crippen LogP) is -0.425. The van der Waals surface area contributed by atoms with E-state index in [0.29, 0.717) is 6.04 Å². The zero-order chi connectivity index (χ0) is 5.98. The standard InChI is InChI=1S/C4H9NO2S/c6-8(7)3-5-4-1-2-4/h4-5H,1-3H2,(H,6,7)/p-1. The van der Waals surface area contributed by atoms with Crippen LogP contribution in [-0.4, -0.2) is 20.7 Å². The summed E-state index contributed by atoms with van der Waals surface area (Å²) in [7, 11) is 0. The van der Waals surface area contributed by atoms with E-state index in [1.807, 2.05) is 0 Å². The number of hydrogen-bond donors (Lipinski definition) is 1. The molecular weight excluding hydrogens is 126 g/mol. The fourth-order valence-electron chi connectivity index (χ4n) is 0.473. The Labute approximate surface area is 50.8 Å². The van der Waals surface area contributed by atoms with Crippen molar-refractivity contribution < 1.29 is 8.76 Å². The Bertz CT molecular complexity index is 102. The Morgan fingerprint density at radius 3 is 2.75 bits per heavy atom. The fourth-order valence-corrected chi connectivity index (χ4v) is 0.845. The third-order valence-electron chi connectivity index (χ3n) is 1.07. The monoisotopic (exact) mass is 134 g/mol. The van der Waals surface area contributed by atoms with E-state index in [1.54, 1.807) is 0 Å². The van der Waals surface area contributed by atoms with Crippen LogP contribution in [0.15, 0.2) is 0 Å². The van der Waals surface area contributed by atoms with E-state index in [-0.39, 0.29) is 5.88 Å². The first kappa shape index (κ1) is 6.19. The molecule has 0 aromatic carbocycles. The smallest absolute Gasteiger partial charge is 0.0590 e. The maximum absolute atomic E-state index is 9.87. The van der Waals surface area contributed by atoms with Gasteiger partial charge in [-0.3, -0.25) is 4.21 Å². The highest BCUT2D eigenvalue weighted by Gasteiger charge is 2.19. The van der Waals surface area contributed by atoms with Crippen LogP contribution in [0.5, 0.6) is 0 Å². The summed E-state index contributed by atoms with van der Waals surface area (Å²) in [6, 6.07) is 0.493. The Balaban J connectivity index is 1.95. The van der Waals surface area contributed by atoms with Gasteiger partial charge >= 0.3 is 0 Å². The van der Waals surface area contributed by atoms with Gasteiger partial charge in [-0.1, -0.05) is 0 Å². The quantitative estimate of drug-likeness (QED) is 0.533. The largest absolute Gasteiger partial charge is 0.771 e. The van der Waals surface area contributed by atoms with Crippen LogP contribution < -0.4 is 5.32 Å². The van der Waals surface area contributed by atoms with E-state index in [4.69, 9.17) is 0 Å². The van der Waals surface area contributed by atoms with Crippen LogP contribution in [0.25, 0.3) is 0 Å². The van der Waals surface area contributed by atoms with Crippen molar-refractivity contribution in [1.82, 2.24) is 5.32 Å². The van der Waals surface area contributed by atoms with Gasteiger partial charge in [0.15, 0.2) is 0 Å². The summed E-state index contributed by atoms with van der Waals surface area (Å²) >= 11 is -1.91. The summed E-state index contributed by atoms with van der Waals surface area (Å²) in [6.07, 6.45) is 2.27. The van der Waals surface area contributed by atoms with Crippen LogP contribution in [0.3, 0.4) is 0 Å². The van der Waals surface area contributed by atoms with Crippen molar-refractivity contribution in [2.24, 2.45) is 0 Å². The average molecular weight is 134 g/mol.